The average Bonchev–Trinajstić information content (AvgIpc) is 2.66. The van der Waals surface area contributed by atoms with Gasteiger partial charge in [0.25, 0.3) is 0 Å². The molecule has 144 valence electrons. The van der Waals surface area contributed by atoms with E-state index in [2.05, 4.69) is 10.6 Å². The Balaban J connectivity index is 1.94. The van der Waals surface area contributed by atoms with Crippen LogP contribution in [0.15, 0.2) is 36.4 Å². The number of carbonyl (C=O) groups is 2. The summed E-state index contributed by atoms with van der Waals surface area (Å²) in [6.45, 7) is 0.205. The van der Waals surface area contributed by atoms with Gasteiger partial charge in [0.05, 0.1) is 21.3 Å². The number of hydrogen-bond donors (Lipinski definition) is 2. The highest BCUT2D eigenvalue weighted by molar-refractivity contribution is 6.03. The fraction of sp³-hybridized carbons (Fsp3) is 0.263. The summed E-state index contributed by atoms with van der Waals surface area (Å²) in [5, 5.41) is 5.22. The Hall–Kier alpha value is -3.29. The third-order valence-electron chi connectivity index (χ3n) is 3.67. The Morgan fingerprint density at radius 2 is 1.52 bits per heavy atom. The molecule has 0 aliphatic heterocycles. The van der Waals surface area contributed by atoms with E-state index in [0.29, 0.717) is 22.9 Å². The molecule has 2 aromatic carbocycles. The number of amides is 2. The number of nitrogens with one attached hydrogen (secondary N) is 2. The van der Waals surface area contributed by atoms with Crippen LogP contribution in [0, 0.1) is 5.82 Å². The van der Waals surface area contributed by atoms with Gasteiger partial charge in [-0.2, -0.15) is 0 Å². The quantitative estimate of drug-likeness (QED) is 0.692. The predicted octanol–water partition coefficient (Wildman–Crippen LogP) is 2.50. The van der Waals surface area contributed by atoms with E-state index in [0.717, 1.165) is 5.56 Å². The number of anilines is 1. The molecule has 0 aliphatic carbocycles. The number of hydrogen-bond acceptors (Lipinski definition) is 5. The van der Waals surface area contributed by atoms with Gasteiger partial charge >= 0.3 is 0 Å². The Morgan fingerprint density at radius 1 is 0.926 bits per heavy atom. The van der Waals surface area contributed by atoms with E-state index in [9.17, 15) is 14.0 Å². The molecule has 0 unspecified atom stereocenters. The molecular weight excluding hydrogens is 355 g/mol. The summed E-state index contributed by atoms with van der Waals surface area (Å²) < 4.78 is 28.5. The highest BCUT2D eigenvalue weighted by Crippen LogP contribution is 2.39. The van der Waals surface area contributed by atoms with E-state index < -0.39 is 11.8 Å². The zero-order valence-corrected chi connectivity index (χ0v) is 15.3. The fourth-order valence-corrected chi connectivity index (χ4v) is 2.37. The molecule has 7 nitrogen and oxygen atoms in total. The summed E-state index contributed by atoms with van der Waals surface area (Å²) in [5.41, 5.74) is 1.13. The van der Waals surface area contributed by atoms with Crippen LogP contribution in [0.3, 0.4) is 0 Å². The molecule has 2 N–H and O–H groups in total. The average molecular weight is 376 g/mol. The first-order chi connectivity index (χ1) is 13.0. The SMILES string of the molecule is COc1cc(NC(=O)CC(=O)NCc2ccc(F)cc2)cc(OC)c1OC. The normalized spacial score (nSPS) is 10.1. The molecule has 0 aromatic heterocycles. The number of ether oxygens (including phenoxy) is 3. The van der Waals surface area contributed by atoms with Gasteiger partial charge in [0, 0.05) is 24.4 Å². The van der Waals surface area contributed by atoms with E-state index in [1.54, 1.807) is 24.3 Å². The summed E-state index contributed by atoms with van der Waals surface area (Å²) in [7, 11) is 4.40. The number of carbonyl (C=O) groups excluding carboxylic acids is 2. The van der Waals surface area contributed by atoms with Crippen LogP contribution in [0.4, 0.5) is 10.1 Å². The number of methoxy groups -OCH3 is 3. The molecule has 0 fully saturated rings. The molecule has 2 amide bonds. The van der Waals surface area contributed by atoms with Crippen molar-refractivity contribution >= 4 is 17.5 Å². The Labute approximate surface area is 156 Å². The van der Waals surface area contributed by atoms with Gasteiger partial charge in [-0.3, -0.25) is 9.59 Å². The van der Waals surface area contributed by atoms with Gasteiger partial charge in [-0.1, -0.05) is 12.1 Å². The maximum absolute atomic E-state index is 12.9. The van der Waals surface area contributed by atoms with Crippen LogP contribution in [-0.4, -0.2) is 33.1 Å². The van der Waals surface area contributed by atoms with Gasteiger partial charge in [0.2, 0.25) is 17.6 Å². The lowest BCUT2D eigenvalue weighted by Gasteiger charge is -2.14. The van der Waals surface area contributed by atoms with Crippen molar-refractivity contribution in [2.24, 2.45) is 0 Å². The summed E-state index contributed by atoms with van der Waals surface area (Å²) in [5.74, 6) is -0.143. The first kappa shape index (κ1) is 20.0. The van der Waals surface area contributed by atoms with Crippen LogP contribution in [0.2, 0.25) is 0 Å². The van der Waals surface area contributed by atoms with E-state index in [-0.39, 0.29) is 18.8 Å². The van der Waals surface area contributed by atoms with Crippen LogP contribution in [-0.2, 0) is 16.1 Å². The van der Waals surface area contributed by atoms with E-state index >= 15 is 0 Å². The first-order valence-electron chi connectivity index (χ1n) is 8.07. The number of benzene rings is 2. The van der Waals surface area contributed by atoms with Gasteiger partial charge in [0.1, 0.15) is 12.2 Å². The van der Waals surface area contributed by atoms with Crippen molar-refractivity contribution in [3.05, 3.63) is 47.8 Å². The van der Waals surface area contributed by atoms with Crippen molar-refractivity contribution in [3.8, 4) is 17.2 Å². The van der Waals surface area contributed by atoms with Gasteiger partial charge < -0.3 is 24.8 Å². The van der Waals surface area contributed by atoms with Crippen molar-refractivity contribution < 1.29 is 28.2 Å². The molecule has 27 heavy (non-hydrogen) atoms. The highest BCUT2D eigenvalue weighted by Gasteiger charge is 2.15. The molecule has 0 heterocycles. The van der Waals surface area contributed by atoms with E-state index in [4.69, 9.17) is 14.2 Å². The molecule has 8 heteroatoms. The zero-order chi connectivity index (χ0) is 19.8. The molecule has 0 radical (unpaired) electrons. The molecule has 0 atom stereocenters. The molecule has 0 aliphatic rings. The minimum Gasteiger partial charge on any atom is -0.493 e. The number of rotatable bonds is 8. The maximum atomic E-state index is 12.9. The van der Waals surface area contributed by atoms with Crippen LogP contribution in [0.1, 0.15) is 12.0 Å². The topological polar surface area (TPSA) is 85.9 Å². The summed E-state index contributed by atoms with van der Waals surface area (Å²) in [6.07, 6.45) is -0.363. The van der Waals surface area contributed by atoms with Gasteiger partial charge in [-0.05, 0) is 17.7 Å². The van der Waals surface area contributed by atoms with Crippen LogP contribution in [0.5, 0.6) is 17.2 Å². The molecule has 0 spiro atoms. The van der Waals surface area contributed by atoms with Gasteiger partial charge in [0.15, 0.2) is 11.5 Å². The van der Waals surface area contributed by atoms with E-state index in [1.165, 1.54) is 33.5 Å². The van der Waals surface area contributed by atoms with Crippen molar-refractivity contribution in [1.82, 2.24) is 5.32 Å². The monoisotopic (exact) mass is 376 g/mol. The van der Waals surface area contributed by atoms with Gasteiger partial charge in [-0.15, -0.1) is 0 Å². The first-order valence-corrected chi connectivity index (χ1v) is 8.07. The minimum atomic E-state index is -0.499. The lowest BCUT2D eigenvalue weighted by Crippen LogP contribution is -2.27. The largest absolute Gasteiger partial charge is 0.493 e. The van der Waals surface area contributed by atoms with Crippen LogP contribution >= 0.6 is 0 Å². The standard InChI is InChI=1S/C19H21FN2O5/c1-25-15-8-14(9-16(26-2)19(15)27-3)22-18(24)10-17(23)21-11-12-4-6-13(20)7-5-12/h4-9H,10-11H2,1-3H3,(H,21,23)(H,22,24). The Morgan fingerprint density at radius 3 is 2.04 bits per heavy atom. The second kappa shape index (κ2) is 9.42. The summed E-state index contributed by atoms with van der Waals surface area (Å²) in [4.78, 5) is 24.0. The van der Waals surface area contributed by atoms with Crippen LogP contribution in [0.25, 0.3) is 0 Å². The predicted molar refractivity (Wildman–Crippen MR) is 97.6 cm³/mol. The maximum Gasteiger partial charge on any atom is 0.233 e. The molecule has 2 rings (SSSR count). The lowest BCUT2D eigenvalue weighted by atomic mass is 10.2. The van der Waals surface area contributed by atoms with Crippen molar-refractivity contribution in [1.29, 1.82) is 0 Å². The second-order valence-electron chi connectivity index (χ2n) is 5.54. The third-order valence-corrected chi connectivity index (χ3v) is 3.67. The van der Waals surface area contributed by atoms with Crippen molar-refractivity contribution in [2.45, 2.75) is 13.0 Å². The minimum absolute atomic E-state index is 0.205. The van der Waals surface area contributed by atoms with Crippen molar-refractivity contribution in [2.75, 3.05) is 26.6 Å². The lowest BCUT2D eigenvalue weighted by molar-refractivity contribution is -0.126. The summed E-state index contributed by atoms with van der Waals surface area (Å²) >= 11 is 0. The zero-order valence-electron chi connectivity index (χ0n) is 15.3. The molecule has 0 saturated heterocycles. The fourth-order valence-electron chi connectivity index (χ4n) is 2.37. The number of halogens is 1. The molecule has 0 saturated carbocycles. The molecular formula is C19H21FN2O5. The van der Waals surface area contributed by atoms with Crippen LogP contribution < -0.4 is 24.8 Å². The summed E-state index contributed by atoms with van der Waals surface area (Å²) in [6, 6.07) is 8.86. The van der Waals surface area contributed by atoms with E-state index in [1.807, 2.05) is 0 Å². The Kier molecular flexibility index (Phi) is 6.99. The van der Waals surface area contributed by atoms with Gasteiger partial charge in [-0.25, -0.2) is 4.39 Å². The molecule has 0 bridgehead atoms. The molecule has 2 aromatic rings. The third kappa shape index (κ3) is 5.60. The highest BCUT2D eigenvalue weighted by atomic mass is 19.1. The Bertz CT molecular complexity index is 783. The van der Waals surface area contributed by atoms with Crippen molar-refractivity contribution in [3.63, 3.8) is 0 Å². The smallest absolute Gasteiger partial charge is 0.233 e. The second-order valence-corrected chi connectivity index (χ2v) is 5.54.